The van der Waals surface area contributed by atoms with Gasteiger partial charge in [-0.2, -0.15) is 0 Å². The number of urea groups is 1. The molecule has 0 radical (unpaired) electrons. The molecule has 118 valence electrons. The molecule has 1 atom stereocenters. The molecule has 1 unspecified atom stereocenters. The van der Waals surface area contributed by atoms with Gasteiger partial charge in [0.05, 0.1) is 0 Å². The first-order valence-corrected chi connectivity index (χ1v) is 8.36. The van der Waals surface area contributed by atoms with Crippen molar-refractivity contribution in [3.8, 4) is 0 Å². The van der Waals surface area contributed by atoms with Gasteiger partial charge in [-0.3, -0.25) is 5.32 Å². The largest absolute Gasteiger partial charge is 0.381 e. The fourth-order valence-electron chi connectivity index (χ4n) is 3.66. The number of ether oxygens (including phenoxy) is 1. The van der Waals surface area contributed by atoms with Crippen molar-refractivity contribution in [3.05, 3.63) is 23.9 Å². The number of aromatic nitrogens is 1. The minimum absolute atomic E-state index is 0.141. The zero-order valence-electron chi connectivity index (χ0n) is 12.8. The maximum atomic E-state index is 12.1. The van der Waals surface area contributed by atoms with Crippen molar-refractivity contribution in [2.75, 3.05) is 18.5 Å². The Kier molecular flexibility index (Phi) is 3.53. The van der Waals surface area contributed by atoms with Gasteiger partial charge >= 0.3 is 6.03 Å². The van der Waals surface area contributed by atoms with E-state index in [4.69, 9.17) is 4.74 Å². The molecule has 1 aromatic heterocycles. The Bertz CT molecular complexity index is 548. The summed E-state index contributed by atoms with van der Waals surface area (Å²) in [5, 5.41) is 5.92. The number of pyridine rings is 1. The molecule has 2 saturated carbocycles. The second-order valence-electron chi connectivity index (χ2n) is 6.93. The highest BCUT2D eigenvalue weighted by atomic mass is 16.5. The molecule has 1 aromatic rings. The van der Waals surface area contributed by atoms with E-state index < -0.39 is 0 Å². The van der Waals surface area contributed by atoms with Gasteiger partial charge in [-0.05, 0) is 55.1 Å². The number of nitrogens with zero attached hydrogens (tertiary/aromatic N) is 1. The van der Waals surface area contributed by atoms with Crippen molar-refractivity contribution in [1.29, 1.82) is 0 Å². The zero-order chi connectivity index (χ0) is 15.0. The number of anilines is 1. The van der Waals surface area contributed by atoms with Crippen molar-refractivity contribution < 1.29 is 9.53 Å². The van der Waals surface area contributed by atoms with Gasteiger partial charge in [0.15, 0.2) is 0 Å². The number of hydrogen-bond donors (Lipinski definition) is 2. The monoisotopic (exact) mass is 301 g/mol. The molecule has 1 spiro atoms. The maximum Gasteiger partial charge on any atom is 0.320 e. The molecule has 0 aromatic carbocycles. The molecule has 5 heteroatoms. The second-order valence-corrected chi connectivity index (χ2v) is 6.93. The minimum atomic E-state index is -0.141. The van der Waals surface area contributed by atoms with Gasteiger partial charge in [0, 0.05) is 25.5 Å². The van der Waals surface area contributed by atoms with Gasteiger partial charge < -0.3 is 10.1 Å². The van der Waals surface area contributed by atoms with Crippen LogP contribution in [-0.2, 0) is 4.74 Å². The van der Waals surface area contributed by atoms with Crippen LogP contribution in [0.25, 0.3) is 0 Å². The molecule has 1 saturated heterocycles. The molecule has 2 N–H and O–H groups in total. The van der Waals surface area contributed by atoms with Crippen molar-refractivity contribution in [2.24, 2.45) is 5.41 Å². The lowest BCUT2D eigenvalue weighted by Gasteiger charge is -2.25. The lowest BCUT2D eigenvalue weighted by atomic mass is 9.81. The molecule has 2 aliphatic carbocycles. The first kappa shape index (κ1) is 14.0. The molecular weight excluding hydrogens is 278 g/mol. The van der Waals surface area contributed by atoms with Crippen molar-refractivity contribution in [3.63, 3.8) is 0 Å². The van der Waals surface area contributed by atoms with E-state index in [2.05, 4.69) is 21.7 Å². The van der Waals surface area contributed by atoms with E-state index in [1.54, 1.807) is 0 Å². The molecule has 2 heterocycles. The Morgan fingerprint density at radius 2 is 2.09 bits per heavy atom. The van der Waals surface area contributed by atoms with Gasteiger partial charge in [-0.1, -0.05) is 12.5 Å². The Labute approximate surface area is 130 Å². The predicted molar refractivity (Wildman–Crippen MR) is 83.9 cm³/mol. The zero-order valence-corrected chi connectivity index (χ0v) is 12.8. The summed E-state index contributed by atoms with van der Waals surface area (Å²) in [4.78, 5) is 16.4. The minimum Gasteiger partial charge on any atom is -0.381 e. The summed E-state index contributed by atoms with van der Waals surface area (Å²) in [6.45, 7) is 1.65. The summed E-state index contributed by atoms with van der Waals surface area (Å²) in [7, 11) is 0. The van der Waals surface area contributed by atoms with Crippen LogP contribution in [0.5, 0.6) is 0 Å². The fraction of sp³-hybridized carbons (Fsp3) is 0.647. The Balaban J connectivity index is 1.29. The number of amides is 2. The van der Waals surface area contributed by atoms with E-state index >= 15 is 0 Å². The van der Waals surface area contributed by atoms with Crippen molar-refractivity contribution in [1.82, 2.24) is 10.3 Å². The summed E-state index contributed by atoms with van der Waals surface area (Å²) in [6.07, 6.45) is 8.96. The highest BCUT2D eigenvalue weighted by molar-refractivity contribution is 5.88. The van der Waals surface area contributed by atoms with E-state index in [9.17, 15) is 4.79 Å². The van der Waals surface area contributed by atoms with Gasteiger partial charge in [-0.15, -0.1) is 0 Å². The summed E-state index contributed by atoms with van der Waals surface area (Å²) < 4.78 is 5.40. The van der Waals surface area contributed by atoms with Gasteiger partial charge in [0.2, 0.25) is 0 Å². The van der Waals surface area contributed by atoms with Crippen LogP contribution in [0.1, 0.15) is 50.0 Å². The van der Waals surface area contributed by atoms with Crippen LogP contribution >= 0.6 is 0 Å². The molecule has 1 aliphatic heterocycles. The second kappa shape index (κ2) is 5.54. The summed E-state index contributed by atoms with van der Waals surface area (Å²) in [5.41, 5.74) is 1.59. The normalized spacial score (nSPS) is 26.3. The lowest BCUT2D eigenvalue weighted by Crippen LogP contribution is -2.35. The smallest absolute Gasteiger partial charge is 0.320 e. The average Bonchev–Trinajstić information content (AvgIpc) is 3.11. The molecule has 3 aliphatic rings. The molecule has 22 heavy (non-hydrogen) atoms. The van der Waals surface area contributed by atoms with Crippen LogP contribution in [0.2, 0.25) is 0 Å². The topological polar surface area (TPSA) is 63.2 Å². The van der Waals surface area contributed by atoms with Crippen molar-refractivity contribution >= 4 is 11.8 Å². The van der Waals surface area contributed by atoms with Crippen LogP contribution < -0.4 is 10.6 Å². The van der Waals surface area contributed by atoms with Crippen LogP contribution in [-0.4, -0.2) is 30.3 Å². The van der Waals surface area contributed by atoms with E-state index in [0.29, 0.717) is 23.2 Å². The van der Waals surface area contributed by atoms with Gasteiger partial charge in [-0.25, -0.2) is 9.78 Å². The number of nitrogens with one attached hydrogen (secondary N) is 2. The van der Waals surface area contributed by atoms with Crippen LogP contribution in [0.15, 0.2) is 18.3 Å². The first-order chi connectivity index (χ1) is 10.8. The highest BCUT2D eigenvalue weighted by Gasteiger charge is 2.55. The molecule has 3 fully saturated rings. The lowest BCUT2D eigenvalue weighted by molar-refractivity contribution is 0.0548. The Morgan fingerprint density at radius 3 is 2.73 bits per heavy atom. The van der Waals surface area contributed by atoms with E-state index in [1.165, 1.54) is 24.8 Å². The van der Waals surface area contributed by atoms with E-state index in [0.717, 1.165) is 32.5 Å². The SMILES string of the molecule is O=C(Nc1ccc(C2CCC2)cn1)NC1CC12CCOCC2. The van der Waals surface area contributed by atoms with E-state index in [-0.39, 0.29) is 6.03 Å². The summed E-state index contributed by atoms with van der Waals surface area (Å²) >= 11 is 0. The van der Waals surface area contributed by atoms with Crippen molar-refractivity contribution in [2.45, 2.75) is 50.5 Å². The number of carbonyl (C=O) groups is 1. The molecule has 0 bridgehead atoms. The highest BCUT2D eigenvalue weighted by Crippen LogP contribution is 2.53. The summed E-state index contributed by atoms with van der Waals surface area (Å²) in [6, 6.07) is 4.15. The third-order valence-electron chi connectivity index (χ3n) is 5.59. The van der Waals surface area contributed by atoms with Gasteiger partial charge in [0.1, 0.15) is 5.82 Å². The maximum absolute atomic E-state index is 12.1. The van der Waals surface area contributed by atoms with E-state index in [1.807, 2.05) is 12.3 Å². The van der Waals surface area contributed by atoms with Crippen LogP contribution in [0.4, 0.5) is 10.6 Å². The molecular formula is C17H23N3O2. The quantitative estimate of drug-likeness (QED) is 0.902. The van der Waals surface area contributed by atoms with Crippen LogP contribution in [0, 0.1) is 5.41 Å². The number of hydrogen-bond acceptors (Lipinski definition) is 3. The molecule has 4 rings (SSSR count). The van der Waals surface area contributed by atoms with Gasteiger partial charge in [0.25, 0.3) is 0 Å². The standard InChI is InChI=1S/C17H23N3O2/c21-16(19-14-10-17(14)6-8-22-9-7-17)20-15-5-4-13(11-18-15)12-2-1-3-12/h4-5,11-12,14H,1-3,6-10H2,(H2,18,19,20,21). The molecule has 5 nitrogen and oxygen atoms in total. The predicted octanol–water partition coefficient (Wildman–Crippen LogP) is 3.04. The number of carbonyl (C=O) groups excluding carboxylic acids is 1. The third kappa shape index (κ3) is 2.70. The Hall–Kier alpha value is -1.62. The molecule has 2 amide bonds. The third-order valence-corrected chi connectivity index (χ3v) is 5.59. The fourth-order valence-corrected chi connectivity index (χ4v) is 3.66. The average molecular weight is 301 g/mol. The Morgan fingerprint density at radius 1 is 1.27 bits per heavy atom. The number of rotatable bonds is 3. The summed E-state index contributed by atoms with van der Waals surface area (Å²) in [5.74, 6) is 1.30. The first-order valence-electron chi connectivity index (χ1n) is 8.36. The van der Waals surface area contributed by atoms with Crippen LogP contribution in [0.3, 0.4) is 0 Å².